The lowest BCUT2D eigenvalue weighted by molar-refractivity contribution is 0.681. The molecular weight excluding hydrogens is 450 g/mol. The Morgan fingerprint density at radius 2 is 1.06 bits per heavy atom. The molecule has 4 rings (SSSR count). The van der Waals surface area contributed by atoms with Crippen molar-refractivity contribution < 1.29 is 4.21 Å². The van der Waals surface area contributed by atoms with Crippen molar-refractivity contribution in [2.24, 2.45) is 4.03 Å². The molecule has 2 nitrogen and oxygen atoms in total. The molecule has 1 atom stereocenters. The second kappa shape index (κ2) is 9.96. The van der Waals surface area contributed by atoms with Gasteiger partial charge in [-0.15, -0.1) is 0 Å². The van der Waals surface area contributed by atoms with Crippen LogP contribution in [-0.4, -0.2) is 12.4 Å². The maximum absolute atomic E-state index is 15.0. The predicted octanol–water partition coefficient (Wildman–Crippen LogP) is 6.74. The van der Waals surface area contributed by atoms with Gasteiger partial charge >= 0.3 is 0 Å². The zero-order valence-corrected chi connectivity index (χ0v) is 21.8. The Balaban J connectivity index is 2.09. The molecule has 0 heterocycles. The summed E-state index contributed by atoms with van der Waals surface area (Å²) in [6, 6.07) is 40.6. The molecule has 0 aromatic heterocycles. The van der Waals surface area contributed by atoms with Crippen LogP contribution in [0.3, 0.4) is 0 Å². The van der Waals surface area contributed by atoms with E-state index in [2.05, 4.69) is 69.3 Å². The molecule has 0 N–H and O–H groups in total. The van der Waals surface area contributed by atoms with Gasteiger partial charge in [0.15, 0.2) is 0 Å². The van der Waals surface area contributed by atoms with Crippen LogP contribution in [0.15, 0.2) is 136 Å². The van der Waals surface area contributed by atoms with Crippen molar-refractivity contribution in [1.29, 1.82) is 0 Å². The lowest BCUT2D eigenvalue weighted by Crippen LogP contribution is -2.63. The van der Waals surface area contributed by atoms with Crippen molar-refractivity contribution in [1.82, 2.24) is 0 Å². The van der Waals surface area contributed by atoms with Crippen LogP contribution in [0.4, 0.5) is 0 Å². The van der Waals surface area contributed by atoms with Crippen LogP contribution < -0.4 is 10.4 Å². The lowest BCUT2D eigenvalue weighted by atomic mass is 10.2. The molecule has 1 unspecified atom stereocenters. The molecule has 0 aliphatic rings. The normalized spacial score (nSPS) is 14.0. The van der Waals surface area contributed by atoms with E-state index in [4.69, 9.17) is 4.03 Å². The largest absolute Gasteiger partial charge is 0.260 e. The molecule has 4 heteroatoms. The van der Waals surface area contributed by atoms with Gasteiger partial charge in [0.1, 0.15) is 0 Å². The number of hydrogen-bond donors (Lipinski definition) is 0. The molecule has 0 aliphatic heterocycles. The van der Waals surface area contributed by atoms with Crippen molar-refractivity contribution in [3.8, 4) is 0 Å². The van der Waals surface area contributed by atoms with E-state index in [-0.39, 0.29) is 5.04 Å². The maximum atomic E-state index is 15.0. The van der Waals surface area contributed by atoms with Crippen LogP contribution in [0.1, 0.15) is 26.3 Å². The topological polar surface area (TPSA) is 29.4 Å². The number of benzene rings is 4. The van der Waals surface area contributed by atoms with E-state index in [1.165, 1.54) is 0 Å². The molecule has 0 amide bonds. The second-order valence-corrected chi connectivity index (χ2v) is 16.1. The standard InChI is InChI=1S/C30H31NOSSi/c1-30(2,3)34(28-20-12-6-13-21-28,29-22-14-7-15-23-29)31-33(32,27-18-10-5-11-19-27)25-24-26-16-8-4-9-17-26/h4-25H,1-3H3/b25-24+. The van der Waals surface area contributed by atoms with Gasteiger partial charge in [0.25, 0.3) is 8.24 Å². The quantitative estimate of drug-likeness (QED) is 0.280. The number of nitrogens with zero attached hydrogens (tertiary/aromatic N) is 1. The Morgan fingerprint density at radius 1 is 0.647 bits per heavy atom. The highest BCUT2D eigenvalue weighted by atomic mass is 32.2. The number of rotatable bonds is 6. The first-order valence-electron chi connectivity index (χ1n) is 11.5. The monoisotopic (exact) mass is 481 g/mol. The van der Waals surface area contributed by atoms with Crippen molar-refractivity contribution >= 4 is 34.4 Å². The molecule has 0 saturated heterocycles. The van der Waals surface area contributed by atoms with Crippen LogP contribution >= 0.6 is 0 Å². The first-order chi connectivity index (χ1) is 16.4. The Bertz CT molecular complexity index is 1310. The van der Waals surface area contributed by atoms with E-state index in [9.17, 15) is 4.21 Å². The van der Waals surface area contributed by atoms with E-state index in [0.29, 0.717) is 0 Å². The zero-order chi connectivity index (χ0) is 24.1. The third kappa shape index (κ3) is 4.84. The van der Waals surface area contributed by atoms with Gasteiger partial charge in [-0.25, -0.2) is 4.21 Å². The summed E-state index contributed by atoms with van der Waals surface area (Å²) in [4.78, 5) is 0.732. The van der Waals surface area contributed by atoms with E-state index in [0.717, 1.165) is 20.8 Å². The Kier molecular flexibility index (Phi) is 7.01. The van der Waals surface area contributed by atoms with Crippen LogP contribution in [0.2, 0.25) is 5.04 Å². The number of hydrogen-bond acceptors (Lipinski definition) is 2. The third-order valence-corrected chi connectivity index (χ3v) is 14.2. The fourth-order valence-corrected chi connectivity index (χ4v) is 13.0. The minimum atomic E-state index is -2.91. The summed E-state index contributed by atoms with van der Waals surface area (Å²) in [5, 5.41) is 3.90. The predicted molar refractivity (Wildman–Crippen MR) is 148 cm³/mol. The van der Waals surface area contributed by atoms with Crippen molar-refractivity contribution in [2.45, 2.75) is 30.7 Å². The second-order valence-electron chi connectivity index (χ2n) is 9.38. The van der Waals surface area contributed by atoms with Crippen LogP contribution in [0.5, 0.6) is 0 Å². The summed E-state index contributed by atoms with van der Waals surface area (Å²) < 4.78 is 20.5. The molecule has 0 fully saturated rings. The van der Waals surface area contributed by atoms with Crippen LogP contribution in [-0.2, 0) is 9.73 Å². The highest BCUT2D eigenvalue weighted by Gasteiger charge is 2.50. The molecule has 0 bridgehead atoms. The summed E-state index contributed by atoms with van der Waals surface area (Å²) in [6.07, 6.45) is 1.94. The summed E-state index contributed by atoms with van der Waals surface area (Å²) >= 11 is 0. The van der Waals surface area contributed by atoms with Gasteiger partial charge in [-0.3, -0.25) is 4.03 Å². The van der Waals surface area contributed by atoms with Gasteiger partial charge in [-0.05, 0) is 39.2 Å². The zero-order valence-electron chi connectivity index (χ0n) is 20.0. The van der Waals surface area contributed by atoms with E-state index < -0.39 is 18.0 Å². The average molecular weight is 482 g/mol. The summed E-state index contributed by atoms with van der Waals surface area (Å²) in [5.74, 6) is 0. The highest BCUT2D eigenvalue weighted by molar-refractivity contribution is 7.97. The van der Waals surface area contributed by atoms with Gasteiger partial charge in [0.2, 0.25) is 0 Å². The molecule has 172 valence electrons. The minimum Gasteiger partial charge on any atom is -0.258 e. The molecule has 0 radical (unpaired) electrons. The molecule has 0 spiro atoms. The third-order valence-electron chi connectivity index (χ3n) is 6.07. The van der Waals surface area contributed by atoms with E-state index in [1.807, 2.05) is 84.3 Å². The Hall–Kier alpha value is -3.21. The highest BCUT2D eigenvalue weighted by Crippen LogP contribution is 2.38. The molecule has 4 aromatic rings. The van der Waals surface area contributed by atoms with Crippen molar-refractivity contribution in [3.05, 3.63) is 132 Å². The van der Waals surface area contributed by atoms with Crippen molar-refractivity contribution in [3.63, 3.8) is 0 Å². The van der Waals surface area contributed by atoms with Crippen molar-refractivity contribution in [2.75, 3.05) is 0 Å². The summed E-state index contributed by atoms with van der Waals surface area (Å²) in [7, 11) is -5.80. The minimum absolute atomic E-state index is 0.228. The molecule has 34 heavy (non-hydrogen) atoms. The van der Waals surface area contributed by atoms with Crippen LogP contribution in [0.25, 0.3) is 6.08 Å². The van der Waals surface area contributed by atoms with Gasteiger partial charge in [-0.1, -0.05) is 130 Å². The molecule has 0 aliphatic carbocycles. The van der Waals surface area contributed by atoms with E-state index in [1.54, 1.807) is 0 Å². The Morgan fingerprint density at radius 3 is 1.50 bits per heavy atom. The first-order valence-corrected chi connectivity index (χ1v) is 15.1. The molecule has 4 aromatic carbocycles. The van der Waals surface area contributed by atoms with Crippen LogP contribution in [0, 0.1) is 0 Å². The SMILES string of the molecule is CC(C)(C)[Si](N=S(=O)(/C=C/c1ccccc1)c1ccccc1)(c1ccccc1)c1ccccc1. The van der Waals surface area contributed by atoms with Gasteiger partial charge in [0, 0.05) is 5.41 Å². The van der Waals surface area contributed by atoms with Gasteiger partial charge < -0.3 is 0 Å². The average Bonchev–Trinajstić information content (AvgIpc) is 2.87. The maximum Gasteiger partial charge on any atom is 0.260 e. The molecular formula is C30H31NOSSi. The summed E-state index contributed by atoms with van der Waals surface area (Å²) in [5.41, 5.74) is 1.00. The fraction of sp³-hybridized carbons (Fsp3) is 0.133. The first kappa shape index (κ1) is 23.9. The van der Waals surface area contributed by atoms with Gasteiger partial charge in [-0.2, -0.15) is 0 Å². The fourth-order valence-electron chi connectivity index (χ4n) is 4.35. The molecule has 0 saturated carbocycles. The van der Waals surface area contributed by atoms with Gasteiger partial charge in [0.05, 0.1) is 14.6 Å². The lowest BCUT2D eigenvalue weighted by Gasteiger charge is -2.40. The Labute approximate surface area is 205 Å². The smallest absolute Gasteiger partial charge is 0.258 e. The van der Waals surface area contributed by atoms with E-state index >= 15 is 0 Å². The summed E-state index contributed by atoms with van der Waals surface area (Å²) in [6.45, 7) is 6.69.